The van der Waals surface area contributed by atoms with Gasteiger partial charge >= 0.3 is 0 Å². The Balaban J connectivity index is 2.35. The Morgan fingerprint density at radius 3 is 2.62 bits per heavy atom. The van der Waals surface area contributed by atoms with E-state index in [0.717, 1.165) is 5.92 Å². The molecule has 0 amide bonds. The van der Waals surface area contributed by atoms with E-state index >= 15 is 0 Å². The van der Waals surface area contributed by atoms with Crippen molar-refractivity contribution in [2.75, 3.05) is 5.75 Å². The van der Waals surface area contributed by atoms with Gasteiger partial charge in [0.15, 0.2) is 0 Å². The lowest BCUT2D eigenvalue weighted by atomic mass is 9.85. The van der Waals surface area contributed by atoms with Crippen LogP contribution in [0.2, 0.25) is 0 Å². The van der Waals surface area contributed by atoms with Gasteiger partial charge in [0, 0.05) is 5.75 Å². The first-order valence-electron chi connectivity index (χ1n) is 6.44. The van der Waals surface area contributed by atoms with Gasteiger partial charge in [-0.25, -0.2) is 0 Å². The molecule has 1 rings (SSSR count). The highest BCUT2D eigenvalue weighted by Crippen LogP contribution is 2.39. The SMILES string of the molecule is C/C=C(\CC)SCC1CC=C(C(C)(C)C)C1. The van der Waals surface area contributed by atoms with E-state index in [0.29, 0.717) is 5.41 Å². The van der Waals surface area contributed by atoms with Crippen LogP contribution in [0.3, 0.4) is 0 Å². The molecule has 0 saturated heterocycles. The van der Waals surface area contributed by atoms with E-state index in [2.05, 4.69) is 58.5 Å². The molecule has 1 heteroatoms. The van der Waals surface area contributed by atoms with Crippen molar-refractivity contribution >= 4 is 11.8 Å². The fourth-order valence-electron chi connectivity index (χ4n) is 2.14. The third-order valence-corrected chi connectivity index (χ3v) is 4.88. The summed E-state index contributed by atoms with van der Waals surface area (Å²) in [6, 6.07) is 0. The summed E-state index contributed by atoms with van der Waals surface area (Å²) < 4.78 is 0. The second kappa shape index (κ2) is 5.95. The van der Waals surface area contributed by atoms with Gasteiger partial charge in [0.25, 0.3) is 0 Å². The Morgan fingerprint density at radius 2 is 2.19 bits per heavy atom. The van der Waals surface area contributed by atoms with E-state index in [1.807, 2.05) is 0 Å². The average Bonchev–Trinajstić information content (AvgIpc) is 2.67. The first-order chi connectivity index (χ1) is 7.47. The van der Waals surface area contributed by atoms with E-state index < -0.39 is 0 Å². The first-order valence-corrected chi connectivity index (χ1v) is 7.43. The van der Waals surface area contributed by atoms with Crippen LogP contribution in [0.1, 0.15) is 53.9 Å². The Kier molecular flexibility index (Phi) is 5.17. The van der Waals surface area contributed by atoms with Crippen molar-refractivity contribution < 1.29 is 0 Å². The number of allylic oxidation sites excluding steroid dienone is 4. The van der Waals surface area contributed by atoms with Gasteiger partial charge in [-0.05, 0) is 42.4 Å². The quantitative estimate of drug-likeness (QED) is 0.590. The summed E-state index contributed by atoms with van der Waals surface area (Å²) in [5, 5.41) is 0. The smallest absolute Gasteiger partial charge is 0.00111 e. The van der Waals surface area contributed by atoms with Crippen molar-refractivity contribution in [3.63, 3.8) is 0 Å². The summed E-state index contributed by atoms with van der Waals surface area (Å²) in [6.45, 7) is 11.4. The second-order valence-corrected chi connectivity index (χ2v) is 6.85. The molecule has 16 heavy (non-hydrogen) atoms. The highest BCUT2D eigenvalue weighted by Gasteiger charge is 2.25. The standard InChI is InChI=1S/C15H26S/c1-6-14(7-2)16-11-12-8-9-13(10-12)15(3,4)5/h6,9,12H,7-8,10-11H2,1-5H3/b14-6+. The molecule has 0 aliphatic heterocycles. The van der Waals surface area contributed by atoms with Crippen LogP contribution in [0.5, 0.6) is 0 Å². The molecule has 92 valence electrons. The molecule has 0 spiro atoms. The number of rotatable bonds is 4. The topological polar surface area (TPSA) is 0 Å². The summed E-state index contributed by atoms with van der Waals surface area (Å²) in [5.74, 6) is 2.17. The summed E-state index contributed by atoms with van der Waals surface area (Å²) in [6.07, 6.45) is 8.54. The van der Waals surface area contributed by atoms with Crippen molar-refractivity contribution in [1.82, 2.24) is 0 Å². The van der Waals surface area contributed by atoms with E-state index in [9.17, 15) is 0 Å². The van der Waals surface area contributed by atoms with Gasteiger partial charge in [-0.3, -0.25) is 0 Å². The average molecular weight is 238 g/mol. The van der Waals surface area contributed by atoms with Crippen molar-refractivity contribution in [3.05, 3.63) is 22.6 Å². The van der Waals surface area contributed by atoms with Gasteiger partial charge in [0.1, 0.15) is 0 Å². The fourth-order valence-corrected chi connectivity index (χ4v) is 3.21. The van der Waals surface area contributed by atoms with Crippen LogP contribution >= 0.6 is 11.8 Å². The maximum Gasteiger partial charge on any atom is 0.00111 e. The maximum atomic E-state index is 2.48. The normalized spacial score (nSPS) is 22.4. The number of hydrogen-bond donors (Lipinski definition) is 0. The summed E-state index contributed by atoms with van der Waals surface area (Å²) in [7, 11) is 0. The molecule has 0 aromatic heterocycles. The number of hydrogen-bond acceptors (Lipinski definition) is 1. The molecule has 0 saturated carbocycles. The monoisotopic (exact) mass is 238 g/mol. The molecule has 0 heterocycles. The van der Waals surface area contributed by atoms with Crippen LogP contribution in [0.25, 0.3) is 0 Å². The lowest BCUT2D eigenvalue weighted by molar-refractivity contribution is 0.471. The van der Waals surface area contributed by atoms with Gasteiger partial charge in [-0.15, -0.1) is 11.8 Å². The second-order valence-electron chi connectivity index (χ2n) is 5.70. The summed E-state index contributed by atoms with van der Waals surface area (Å²) in [5.41, 5.74) is 2.05. The molecule has 1 atom stereocenters. The third-order valence-electron chi connectivity index (χ3n) is 3.34. The Morgan fingerprint density at radius 1 is 1.50 bits per heavy atom. The lowest BCUT2D eigenvalue weighted by Crippen LogP contribution is -2.09. The minimum atomic E-state index is 0.383. The molecule has 0 aromatic carbocycles. The van der Waals surface area contributed by atoms with Gasteiger partial charge in [0.05, 0.1) is 0 Å². The molecule has 0 nitrogen and oxygen atoms in total. The number of thioether (sulfide) groups is 1. The van der Waals surface area contributed by atoms with Crippen molar-refractivity contribution in [2.45, 2.75) is 53.9 Å². The molecule has 1 aliphatic rings. The van der Waals surface area contributed by atoms with E-state index in [1.54, 1.807) is 10.5 Å². The molecular formula is C15H26S. The predicted molar refractivity (Wildman–Crippen MR) is 76.8 cm³/mol. The van der Waals surface area contributed by atoms with Crippen molar-refractivity contribution in [2.24, 2.45) is 11.3 Å². The van der Waals surface area contributed by atoms with Crippen LogP contribution in [-0.4, -0.2) is 5.75 Å². The van der Waals surface area contributed by atoms with Gasteiger partial charge < -0.3 is 0 Å². The van der Waals surface area contributed by atoms with Gasteiger partial charge in [-0.1, -0.05) is 45.4 Å². The first kappa shape index (κ1) is 13.9. The van der Waals surface area contributed by atoms with Gasteiger partial charge in [-0.2, -0.15) is 0 Å². The Bertz CT molecular complexity index is 278. The third kappa shape index (κ3) is 4.01. The molecule has 0 N–H and O–H groups in total. The minimum Gasteiger partial charge on any atom is -0.131 e. The van der Waals surface area contributed by atoms with E-state index in [-0.39, 0.29) is 0 Å². The van der Waals surface area contributed by atoms with Crippen LogP contribution in [0.15, 0.2) is 22.6 Å². The zero-order valence-electron chi connectivity index (χ0n) is 11.5. The fraction of sp³-hybridized carbons (Fsp3) is 0.733. The van der Waals surface area contributed by atoms with Crippen LogP contribution < -0.4 is 0 Å². The molecule has 0 bridgehead atoms. The van der Waals surface area contributed by atoms with Crippen LogP contribution in [-0.2, 0) is 0 Å². The highest BCUT2D eigenvalue weighted by molar-refractivity contribution is 8.03. The zero-order valence-corrected chi connectivity index (χ0v) is 12.3. The molecule has 1 unspecified atom stereocenters. The van der Waals surface area contributed by atoms with E-state index in [4.69, 9.17) is 0 Å². The Labute approximate surface area is 106 Å². The van der Waals surface area contributed by atoms with Crippen molar-refractivity contribution in [1.29, 1.82) is 0 Å². The maximum absolute atomic E-state index is 2.48. The molecule has 0 fully saturated rings. The van der Waals surface area contributed by atoms with Gasteiger partial charge in [0.2, 0.25) is 0 Å². The van der Waals surface area contributed by atoms with Crippen LogP contribution in [0.4, 0.5) is 0 Å². The largest absolute Gasteiger partial charge is 0.131 e. The molecule has 0 aromatic rings. The minimum absolute atomic E-state index is 0.383. The van der Waals surface area contributed by atoms with E-state index in [1.165, 1.54) is 25.0 Å². The van der Waals surface area contributed by atoms with Crippen LogP contribution in [0, 0.1) is 11.3 Å². The summed E-state index contributed by atoms with van der Waals surface area (Å²) in [4.78, 5) is 1.55. The summed E-state index contributed by atoms with van der Waals surface area (Å²) >= 11 is 2.06. The molecule has 0 radical (unpaired) electrons. The lowest BCUT2D eigenvalue weighted by Gasteiger charge is -2.21. The van der Waals surface area contributed by atoms with Crippen molar-refractivity contribution in [3.8, 4) is 0 Å². The predicted octanol–water partition coefficient (Wildman–Crippen LogP) is 5.42. The highest BCUT2D eigenvalue weighted by atomic mass is 32.2. The molecule has 1 aliphatic carbocycles. The Hall–Kier alpha value is -0.170. The molecular weight excluding hydrogens is 212 g/mol. The zero-order chi connectivity index (χ0) is 12.2.